The quantitative estimate of drug-likeness (QED) is 0.488. The fourth-order valence-corrected chi connectivity index (χ4v) is 0.909. The predicted octanol–water partition coefficient (Wildman–Crippen LogP) is 0.736. The fraction of sp³-hybridized carbons (Fsp3) is 0.333. The third-order valence-corrected chi connectivity index (χ3v) is 1.93. The second kappa shape index (κ2) is 4.18. The Morgan fingerprint density at radius 1 is 1.54 bits per heavy atom. The van der Waals surface area contributed by atoms with Gasteiger partial charge in [0.15, 0.2) is 11.9 Å². The van der Waals surface area contributed by atoms with Crippen molar-refractivity contribution in [2.75, 3.05) is 14.1 Å². The highest BCUT2D eigenvalue weighted by molar-refractivity contribution is 7.80. The van der Waals surface area contributed by atoms with Crippen molar-refractivity contribution in [2.45, 2.75) is 0 Å². The van der Waals surface area contributed by atoms with Crippen molar-refractivity contribution >= 4 is 17.4 Å². The number of aryl methyl sites for hydroxylation is 1. The van der Waals surface area contributed by atoms with Crippen molar-refractivity contribution in [1.29, 1.82) is 0 Å². The molecule has 0 amide bonds. The van der Waals surface area contributed by atoms with Crippen molar-refractivity contribution in [2.24, 2.45) is 7.05 Å². The van der Waals surface area contributed by atoms with Crippen molar-refractivity contribution in [3.63, 3.8) is 0 Å². The lowest BCUT2D eigenvalue weighted by atomic mass is 10.4. The third-order valence-electron chi connectivity index (χ3n) is 1.48. The van der Waals surface area contributed by atoms with Gasteiger partial charge in [-0.1, -0.05) is 0 Å². The molecule has 4 heteroatoms. The van der Waals surface area contributed by atoms with E-state index < -0.39 is 0 Å². The first kappa shape index (κ1) is 9.92. The van der Waals surface area contributed by atoms with E-state index in [-0.39, 0.29) is 0 Å². The highest BCUT2D eigenvalue weighted by atomic mass is 32.1. The number of rotatable bonds is 1. The van der Waals surface area contributed by atoms with Gasteiger partial charge in [0.1, 0.15) is 7.05 Å². The minimum Gasteiger partial charge on any atom is -0.425 e. The molecule has 0 saturated carbocycles. The Bertz CT molecular complexity index is 312. The van der Waals surface area contributed by atoms with Gasteiger partial charge in [-0.2, -0.15) is 0 Å². The summed E-state index contributed by atoms with van der Waals surface area (Å²) < 4.78 is 7.30. The smallest absolute Gasteiger partial charge is 0.264 e. The van der Waals surface area contributed by atoms with E-state index in [0.717, 1.165) is 5.75 Å². The van der Waals surface area contributed by atoms with Gasteiger partial charge >= 0.3 is 0 Å². The first-order valence-electron chi connectivity index (χ1n) is 3.94. The Hall–Kier alpha value is -1.16. The Balaban J connectivity index is 2.69. The van der Waals surface area contributed by atoms with Crippen LogP contribution >= 0.6 is 12.2 Å². The maximum atomic E-state index is 5.39. The van der Waals surface area contributed by atoms with Crippen molar-refractivity contribution in [1.82, 2.24) is 4.90 Å². The highest BCUT2D eigenvalue weighted by Crippen LogP contribution is 2.06. The summed E-state index contributed by atoms with van der Waals surface area (Å²) in [4.78, 5) is 1.75. The van der Waals surface area contributed by atoms with Gasteiger partial charge in [0.05, 0.1) is 0 Å². The molecule has 0 fully saturated rings. The molecule has 0 aliphatic heterocycles. The number of nitrogens with zero attached hydrogens (tertiary/aromatic N) is 2. The lowest BCUT2D eigenvalue weighted by molar-refractivity contribution is -0.671. The summed E-state index contributed by atoms with van der Waals surface area (Å²) in [5.74, 6) is 0.753. The fourth-order valence-electron chi connectivity index (χ4n) is 0.813. The molecule has 1 rings (SSSR count). The minimum absolute atomic E-state index is 0.464. The van der Waals surface area contributed by atoms with Gasteiger partial charge in [0, 0.05) is 20.2 Å². The Labute approximate surface area is 83.6 Å². The van der Waals surface area contributed by atoms with Crippen LogP contribution in [0.15, 0.2) is 24.5 Å². The number of hydrogen-bond acceptors (Lipinski definition) is 2. The average molecular weight is 197 g/mol. The van der Waals surface area contributed by atoms with Crippen LogP contribution in [0.1, 0.15) is 0 Å². The van der Waals surface area contributed by atoms with E-state index in [0.29, 0.717) is 5.17 Å². The molecule has 1 heterocycles. The second-order valence-corrected chi connectivity index (χ2v) is 3.32. The summed E-state index contributed by atoms with van der Waals surface area (Å²) in [5, 5.41) is 0.464. The second-order valence-electron chi connectivity index (χ2n) is 2.97. The molecular weight excluding hydrogens is 184 g/mol. The zero-order valence-corrected chi connectivity index (χ0v) is 8.84. The molecule has 0 unspecified atom stereocenters. The van der Waals surface area contributed by atoms with E-state index in [4.69, 9.17) is 17.0 Å². The molecule has 0 radical (unpaired) electrons. The van der Waals surface area contributed by atoms with Crippen LogP contribution in [-0.2, 0) is 7.05 Å². The molecule has 0 N–H and O–H groups in total. The molecule has 0 spiro atoms. The number of thiocarbonyl (C=S) groups is 1. The molecule has 0 aromatic carbocycles. The van der Waals surface area contributed by atoms with Crippen molar-refractivity contribution < 1.29 is 9.30 Å². The Morgan fingerprint density at radius 3 is 2.77 bits per heavy atom. The summed E-state index contributed by atoms with van der Waals surface area (Å²) in [6, 6.07) is 3.78. The Morgan fingerprint density at radius 2 is 2.23 bits per heavy atom. The first-order valence-corrected chi connectivity index (χ1v) is 4.35. The molecule has 0 bridgehead atoms. The monoisotopic (exact) mass is 197 g/mol. The summed E-state index contributed by atoms with van der Waals surface area (Å²) in [7, 11) is 5.64. The van der Waals surface area contributed by atoms with Crippen LogP contribution in [0.25, 0.3) is 0 Å². The Kier molecular flexibility index (Phi) is 3.19. The van der Waals surface area contributed by atoms with Crippen LogP contribution in [-0.4, -0.2) is 24.2 Å². The van der Waals surface area contributed by atoms with E-state index in [1.807, 2.05) is 50.2 Å². The van der Waals surface area contributed by atoms with Crippen LogP contribution in [0.3, 0.4) is 0 Å². The first-order chi connectivity index (χ1) is 6.09. The molecule has 70 valence electrons. The van der Waals surface area contributed by atoms with E-state index in [2.05, 4.69) is 0 Å². The zero-order chi connectivity index (χ0) is 9.84. The summed E-state index contributed by atoms with van der Waals surface area (Å²) in [5.41, 5.74) is 0. The van der Waals surface area contributed by atoms with Crippen LogP contribution in [0, 0.1) is 0 Å². The summed E-state index contributed by atoms with van der Waals surface area (Å²) in [6.07, 6.45) is 3.81. The topological polar surface area (TPSA) is 16.4 Å². The van der Waals surface area contributed by atoms with E-state index >= 15 is 0 Å². The summed E-state index contributed by atoms with van der Waals surface area (Å²) >= 11 is 5.00. The van der Waals surface area contributed by atoms with Gasteiger partial charge < -0.3 is 9.64 Å². The molecule has 0 saturated heterocycles. The molecule has 0 atom stereocenters. The molecule has 13 heavy (non-hydrogen) atoms. The minimum atomic E-state index is 0.464. The molecule has 1 aromatic heterocycles. The normalized spacial score (nSPS) is 9.46. The maximum Gasteiger partial charge on any atom is 0.264 e. The lowest BCUT2D eigenvalue weighted by Gasteiger charge is -2.12. The van der Waals surface area contributed by atoms with Gasteiger partial charge in [-0.15, -0.1) is 0 Å². The van der Waals surface area contributed by atoms with Crippen molar-refractivity contribution in [3.05, 3.63) is 24.5 Å². The molecule has 1 aromatic rings. The van der Waals surface area contributed by atoms with Gasteiger partial charge in [-0.3, -0.25) is 0 Å². The standard InChI is InChI=1S/C9H13N2OS/c1-10(2)9(13)12-8-5-4-6-11(3)7-8/h4-7H,1-3H3/q+1. The van der Waals surface area contributed by atoms with Crippen LogP contribution in [0.2, 0.25) is 0 Å². The van der Waals surface area contributed by atoms with Crippen molar-refractivity contribution in [3.8, 4) is 5.75 Å². The van der Waals surface area contributed by atoms with Crippen LogP contribution < -0.4 is 9.30 Å². The lowest BCUT2D eigenvalue weighted by Crippen LogP contribution is -2.29. The molecular formula is C9H13N2OS+. The number of aromatic nitrogens is 1. The molecule has 0 aliphatic rings. The maximum absolute atomic E-state index is 5.39. The largest absolute Gasteiger partial charge is 0.425 e. The highest BCUT2D eigenvalue weighted by Gasteiger charge is 2.04. The summed E-state index contributed by atoms with van der Waals surface area (Å²) in [6.45, 7) is 0. The van der Waals surface area contributed by atoms with E-state index in [9.17, 15) is 0 Å². The average Bonchev–Trinajstić information content (AvgIpc) is 2.04. The van der Waals surface area contributed by atoms with Gasteiger partial charge in [-0.05, 0) is 18.3 Å². The van der Waals surface area contributed by atoms with Crippen LogP contribution in [0.5, 0.6) is 5.75 Å². The third kappa shape index (κ3) is 2.99. The van der Waals surface area contributed by atoms with Crippen LogP contribution in [0.4, 0.5) is 0 Å². The number of pyridine rings is 1. The molecule has 3 nitrogen and oxygen atoms in total. The van der Waals surface area contributed by atoms with Gasteiger partial charge in [0.2, 0.25) is 6.20 Å². The SMILES string of the molecule is CN(C)C(=S)Oc1ccc[n+](C)c1. The number of ether oxygens (including phenoxy) is 1. The van der Waals surface area contributed by atoms with Gasteiger partial charge in [0.25, 0.3) is 5.17 Å². The predicted molar refractivity (Wildman–Crippen MR) is 54.5 cm³/mol. The van der Waals surface area contributed by atoms with Gasteiger partial charge in [-0.25, -0.2) is 4.57 Å². The van der Waals surface area contributed by atoms with E-state index in [1.54, 1.807) is 4.90 Å². The molecule has 0 aliphatic carbocycles. The number of hydrogen-bond donors (Lipinski definition) is 0. The zero-order valence-electron chi connectivity index (χ0n) is 8.02. The van der Waals surface area contributed by atoms with E-state index in [1.165, 1.54) is 0 Å².